The maximum atomic E-state index is 11.9. The monoisotopic (exact) mass is 289 g/mol. The molecule has 0 spiro atoms. The summed E-state index contributed by atoms with van der Waals surface area (Å²) in [7, 11) is 0. The lowest BCUT2D eigenvalue weighted by Crippen LogP contribution is -2.47. The van der Waals surface area contributed by atoms with Gasteiger partial charge < -0.3 is 16.0 Å². The van der Waals surface area contributed by atoms with E-state index >= 15 is 0 Å². The van der Waals surface area contributed by atoms with Gasteiger partial charge >= 0.3 is 0 Å². The summed E-state index contributed by atoms with van der Waals surface area (Å²) in [6, 6.07) is 9.02. The van der Waals surface area contributed by atoms with Crippen LogP contribution in [0.25, 0.3) is 0 Å². The molecule has 5 heteroatoms. The first-order chi connectivity index (χ1) is 10.2. The molecule has 1 aromatic carbocycles. The predicted molar refractivity (Wildman–Crippen MR) is 82.0 cm³/mol. The number of hydrogen-bond donors (Lipinski definition) is 3. The Morgan fingerprint density at radius 3 is 2.76 bits per heavy atom. The Balaban J connectivity index is 1.73. The molecular weight excluding hydrogens is 266 g/mol. The number of amides is 2. The molecule has 21 heavy (non-hydrogen) atoms. The highest BCUT2D eigenvalue weighted by Gasteiger charge is 2.21. The van der Waals surface area contributed by atoms with E-state index in [1.807, 2.05) is 13.0 Å². The molecule has 114 valence electrons. The number of nitrogens with one attached hydrogen (secondary N) is 3. The Morgan fingerprint density at radius 2 is 2.10 bits per heavy atom. The third kappa shape index (κ3) is 4.86. The summed E-state index contributed by atoms with van der Waals surface area (Å²) in [5.74, 6) is 0.0996. The van der Waals surface area contributed by atoms with Crippen LogP contribution in [0.15, 0.2) is 30.3 Å². The molecule has 1 saturated heterocycles. The minimum Gasteiger partial charge on any atom is -0.352 e. The number of hydrogen-bond acceptors (Lipinski definition) is 3. The van der Waals surface area contributed by atoms with Crippen molar-refractivity contribution in [2.24, 2.45) is 5.92 Å². The SMILES string of the molecule is CC(NC(=O)CNC(=O)c1ccccc1)C1CCCNC1. The predicted octanol–water partition coefficient (Wildman–Crippen LogP) is 0.921. The topological polar surface area (TPSA) is 70.2 Å². The van der Waals surface area contributed by atoms with Gasteiger partial charge in [-0.25, -0.2) is 0 Å². The molecule has 2 amide bonds. The number of benzene rings is 1. The van der Waals surface area contributed by atoms with Crippen molar-refractivity contribution in [2.45, 2.75) is 25.8 Å². The Hall–Kier alpha value is -1.88. The van der Waals surface area contributed by atoms with Crippen LogP contribution in [0.4, 0.5) is 0 Å². The largest absolute Gasteiger partial charge is 0.352 e. The lowest BCUT2D eigenvalue weighted by Gasteiger charge is -2.28. The molecule has 0 aliphatic carbocycles. The number of carbonyl (C=O) groups excluding carboxylic acids is 2. The molecule has 0 saturated carbocycles. The van der Waals surface area contributed by atoms with Crippen LogP contribution in [0.1, 0.15) is 30.1 Å². The highest BCUT2D eigenvalue weighted by molar-refractivity contribution is 5.96. The lowest BCUT2D eigenvalue weighted by atomic mass is 9.93. The van der Waals surface area contributed by atoms with E-state index < -0.39 is 0 Å². The first kappa shape index (κ1) is 15.5. The zero-order chi connectivity index (χ0) is 15.1. The number of piperidine rings is 1. The van der Waals surface area contributed by atoms with Crippen molar-refractivity contribution in [1.29, 1.82) is 0 Å². The minimum absolute atomic E-state index is 0.0121. The summed E-state index contributed by atoms with van der Waals surface area (Å²) in [6.45, 7) is 4.04. The van der Waals surface area contributed by atoms with Crippen LogP contribution in [0.5, 0.6) is 0 Å². The van der Waals surface area contributed by atoms with Crippen LogP contribution in [0, 0.1) is 5.92 Å². The van der Waals surface area contributed by atoms with Crippen LogP contribution in [-0.4, -0.2) is 37.5 Å². The summed E-state index contributed by atoms with van der Waals surface area (Å²) in [5.41, 5.74) is 0.565. The third-order valence-electron chi connectivity index (χ3n) is 3.88. The first-order valence-corrected chi connectivity index (χ1v) is 7.50. The van der Waals surface area contributed by atoms with E-state index in [4.69, 9.17) is 0 Å². The molecule has 1 aliphatic rings. The van der Waals surface area contributed by atoms with Crippen molar-refractivity contribution in [1.82, 2.24) is 16.0 Å². The van der Waals surface area contributed by atoms with E-state index in [-0.39, 0.29) is 24.4 Å². The molecule has 2 rings (SSSR count). The van der Waals surface area contributed by atoms with Gasteiger partial charge in [-0.3, -0.25) is 9.59 Å². The summed E-state index contributed by atoms with van der Waals surface area (Å²) < 4.78 is 0. The van der Waals surface area contributed by atoms with Gasteiger partial charge in [-0.15, -0.1) is 0 Å². The summed E-state index contributed by atoms with van der Waals surface area (Å²) in [5, 5.41) is 8.94. The molecule has 5 nitrogen and oxygen atoms in total. The van der Waals surface area contributed by atoms with Crippen molar-refractivity contribution in [3.05, 3.63) is 35.9 Å². The van der Waals surface area contributed by atoms with Crippen LogP contribution in [0.3, 0.4) is 0 Å². The van der Waals surface area contributed by atoms with Gasteiger partial charge in [-0.05, 0) is 50.9 Å². The van der Waals surface area contributed by atoms with Gasteiger partial charge in [0.25, 0.3) is 5.91 Å². The highest BCUT2D eigenvalue weighted by atomic mass is 16.2. The Labute approximate surface area is 125 Å². The van der Waals surface area contributed by atoms with Crippen LogP contribution >= 0.6 is 0 Å². The summed E-state index contributed by atoms with van der Waals surface area (Å²) >= 11 is 0. The first-order valence-electron chi connectivity index (χ1n) is 7.50. The molecule has 1 heterocycles. The molecule has 1 aromatic rings. The quantitative estimate of drug-likeness (QED) is 0.755. The van der Waals surface area contributed by atoms with E-state index in [9.17, 15) is 9.59 Å². The van der Waals surface area contributed by atoms with Crippen LogP contribution in [0.2, 0.25) is 0 Å². The molecule has 2 unspecified atom stereocenters. The second kappa shape index (κ2) is 7.78. The van der Waals surface area contributed by atoms with Gasteiger partial charge in [0, 0.05) is 11.6 Å². The lowest BCUT2D eigenvalue weighted by molar-refractivity contribution is -0.121. The molecule has 0 bridgehead atoms. The fourth-order valence-corrected chi connectivity index (χ4v) is 2.58. The zero-order valence-electron chi connectivity index (χ0n) is 12.4. The average Bonchev–Trinajstić information content (AvgIpc) is 2.54. The normalized spacial score (nSPS) is 19.6. The molecule has 0 aromatic heterocycles. The Bertz CT molecular complexity index is 470. The van der Waals surface area contributed by atoms with Crippen LogP contribution in [-0.2, 0) is 4.79 Å². The highest BCUT2D eigenvalue weighted by Crippen LogP contribution is 2.13. The molecule has 1 fully saturated rings. The van der Waals surface area contributed by atoms with Crippen LogP contribution < -0.4 is 16.0 Å². The molecular formula is C16H23N3O2. The maximum Gasteiger partial charge on any atom is 0.251 e. The molecule has 1 aliphatic heterocycles. The Kier molecular flexibility index (Phi) is 5.75. The van der Waals surface area contributed by atoms with E-state index in [2.05, 4.69) is 16.0 Å². The van der Waals surface area contributed by atoms with Crippen molar-refractivity contribution in [2.75, 3.05) is 19.6 Å². The smallest absolute Gasteiger partial charge is 0.251 e. The standard InChI is InChI=1S/C16H23N3O2/c1-12(14-8-5-9-17-10-14)19-15(20)11-18-16(21)13-6-3-2-4-7-13/h2-4,6-7,12,14,17H,5,8-11H2,1H3,(H,18,21)(H,19,20). The molecule has 0 radical (unpaired) electrons. The fraction of sp³-hybridized carbons (Fsp3) is 0.500. The van der Waals surface area contributed by atoms with Gasteiger partial charge in [0.1, 0.15) is 0 Å². The number of rotatable bonds is 5. The van der Waals surface area contributed by atoms with Crippen molar-refractivity contribution in [3.63, 3.8) is 0 Å². The van der Waals surface area contributed by atoms with Crippen molar-refractivity contribution < 1.29 is 9.59 Å². The summed E-state index contributed by atoms with van der Waals surface area (Å²) in [4.78, 5) is 23.7. The van der Waals surface area contributed by atoms with Crippen molar-refractivity contribution in [3.8, 4) is 0 Å². The van der Waals surface area contributed by atoms with E-state index in [1.54, 1.807) is 24.3 Å². The van der Waals surface area contributed by atoms with Gasteiger partial charge in [0.15, 0.2) is 0 Å². The van der Waals surface area contributed by atoms with Crippen molar-refractivity contribution >= 4 is 11.8 Å². The fourth-order valence-electron chi connectivity index (χ4n) is 2.58. The van der Waals surface area contributed by atoms with E-state index in [0.717, 1.165) is 25.9 Å². The average molecular weight is 289 g/mol. The second-order valence-corrected chi connectivity index (χ2v) is 5.51. The van der Waals surface area contributed by atoms with Gasteiger partial charge in [-0.2, -0.15) is 0 Å². The molecule has 3 N–H and O–H groups in total. The molecule has 2 atom stereocenters. The summed E-state index contributed by atoms with van der Waals surface area (Å²) in [6.07, 6.45) is 2.28. The van der Waals surface area contributed by atoms with Gasteiger partial charge in [-0.1, -0.05) is 18.2 Å². The number of carbonyl (C=O) groups is 2. The van der Waals surface area contributed by atoms with E-state index in [1.165, 1.54) is 0 Å². The second-order valence-electron chi connectivity index (χ2n) is 5.51. The van der Waals surface area contributed by atoms with E-state index in [0.29, 0.717) is 11.5 Å². The van der Waals surface area contributed by atoms with Gasteiger partial charge in [0.2, 0.25) is 5.91 Å². The maximum absolute atomic E-state index is 11.9. The third-order valence-corrected chi connectivity index (χ3v) is 3.88. The zero-order valence-corrected chi connectivity index (χ0v) is 12.4. The minimum atomic E-state index is -0.224. The Morgan fingerprint density at radius 1 is 1.33 bits per heavy atom. The van der Waals surface area contributed by atoms with Gasteiger partial charge in [0.05, 0.1) is 6.54 Å².